The van der Waals surface area contributed by atoms with Crippen molar-refractivity contribution in [1.29, 1.82) is 0 Å². The third kappa shape index (κ3) is 4.44. The number of hydrogen-bond donors (Lipinski definition) is 1. The summed E-state index contributed by atoms with van der Waals surface area (Å²) < 4.78 is 19.0. The number of amides is 2. The summed E-state index contributed by atoms with van der Waals surface area (Å²) in [6.07, 6.45) is 1.60. The van der Waals surface area contributed by atoms with Crippen LogP contribution in [0.4, 0.5) is 9.18 Å². The Morgan fingerprint density at radius 2 is 1.96 bits per heavy atom. The molecule has 5 nitrogen and oxygen atoms in total. The zero-order valence-corrected chi connectivity index (χ0v) is 17.2. The van der Waals surface area contributed by atoms with E-state index in [4.69, 9.17) is 4.74 Å². The number of rotatable bonds is 5. The third-order valence-electron chi connectivity index (χ3n) is 3.78. The maximum atomic E-state index is 13.0. The van der Waals surface area contributed by atoms with E-state index in [1.807, 2.05) is 22.6 Å². The molecular formula is C19H15FINO4S. The fourth-order valence-electron chi connectivity index (χ4n) is 2.50. The largest absolute Gasteiger partial charge is 0.504 e. The molecule has 140 valence electrons. The normalized spacial score (nSPS) is 15.7. The molecule has 0 aromatic heterocycles. The lowest BCUT2D eigenvalue weighted by Crippen LogP contribution is -2.27. The van der Waals surface area contributed by atoms with Crippen LogP contribution in [0.25, 0.3) is 6.08 Å². The second kappa shape index (κ2) is 8.30. The Hall–Kier alpha value is -2.07. The smallest absolute Gasteiger partial charge is 0.293 e. The van der Waals surface area contributed by atoms with Gasteiger partial charge >= 0.3 is 0 Å². The molecule has 2 aromatic carbocycles. The fourth-order valence-corrected chi connectivity index (χ4v) is 3.97. The van der Waals surface area contributed by atoms with E-state index in [0.29, 0.717) is 27.1 Å². The van der Waals surface area contributed by atoms with Gasteiger partial charge in [0.05, 0.1) is 21.6 Å². The zero-order valence-electron chi connectivity index (χ0n) is 14.2. The standard InChI is InChI=1S/C19H15FINO4S/c1-2-26-15-8-12(7-14(21)17(15)23)9-16-18(24)22(19(25)27-16)10-11-3-5-13(20)6-4-11/h3-9,23H,2,10H2,1H3/b16-9+. The maximum absolute atomic E-state index is 13.0. The van der Waals surface area contributed by atoms with E-state index in [9.17, 15) is 19.1 Å². The Morgan fingerprint density at radius 1 is 1.26 bits per heavy atom. The first-order valence-corrected chi connectivity index (χ1v) is 9.93. The molecule has 0 saturated carbocycles. The van der Waals surface area contributed by atoms with Gasteiger partial charge in [-0.1, -0.05) is 12.1 Å². The summed E-state index contributed by atoms with van der Waals surface area (Å²) in [5, 5.41) is 9.64. The average Bonchev–Trinajstić information content (AvgIpc) is 2.88. The number of imide groups is 1. The molecule has 0 atom stereocenters. The van der Waals surface area contributed by atoms with Gasteiger partial charge in [-0.25, -0.2) is 4.39 Å². The fraction of sp³-hybridized carbons (Fsp3) is 0.158. The molecule has 1 aliphatic heterocycles. The maximum Gasteiger partial charge on any atom is 0.293 e. The van der Waals surface area contributed by atoms with Crippen LogP contribution in [-0.4, -0.2) is 27.8 Å². The Kier molecular flexibility index (Phi) is 6.05. The van der Waals surface area contributed by atoms with Gasteiger partial charge in [0.1, 0.15) is 5.82 Å². The van der Waals surface area contributed by atoms with Crippen molar-refractivity contribution in [2.45, 2.75) is 13.5 Å². The van der Waals surface area contributed by atoms with Crippen LogP contribution in [0.5, 0.6) is 11.5 Å². The first kappa shape index (κ1) is 19.7. The lowest BCUT2D eigenvalue weighted by atomic mass is 10.1. The van der Waals surface area contributed by atoms with Crippen LogP contribution in [0.2, 0.25) is 0 Å². The molecule has 1 saturated heterocycles. The number of nitrogens with zero attached hydrogens (tertiary/aromatic N) is 1. The minimum absolute atomic E-state index is 0.0408. The van der Waals surface area contributed by atoms with Gasteiger partial charge in [-0.2, -0.15) is 0 Å². The summed E-state index contributed by atoms with van der Waals surface area (Å²) in [5.41, 5.74) is 1.31. The van der Waals surface area contributed by atoms with E-state index in [-0.39, 0.29) is 28.3 Å². The number of thioether (sulfide) groups is 1. The highest BCUT2D eigenvalue weighted by molar-refractivity contribution is 14.1. The van der Waals surface area contributed by atoms with Crippen molar-refractivity contribution in [2.24, 2.45) is 0 Å². The summed E-state index contributed by atoms with van der Waals surface area (Å²) in [6.45, 7) is 2.28. The quantitative estimate of drug-likeness (QED) is 0.475. The van der Waals surface area contributed by atoms with Crippen LogP contribution in [0.1, 0.15) is 18.1 Å². The number of phenolic OH excluding ortho intramolecular Hbond substituents is 1. The van der Waals surface area contributed by atoms with Gasteiger partial charge in [0.15, 0.2) is 11.5 Å². The topological polar surface area (TPSA) is 66.8 Å². The number of ether oxygens (including phenoxy) is 1. The van der Waals surface area contributed by atoms with Gasteiger partial charge in [-0.05, 0) is 82.7 Å². The monoisotopic (exact) mass is 499 g/mol. The molecule has 27 heavy (non-hydrogen) atoms. The van der Waals surface area contributed by atoms with Crippen molar-refractivity contribution in [1.82, 2.24) is 4.90 Å². The van der Waals surface area contributed by atoms with Crippen LogP contribution in [0.3, 0.4) is 0 Å². The van der Waals surface area contributed by atoms with Crippen LogP contribution in [-0.2, 0) is 11.3 Å². The van der Waals surface area contributed by atoms with Gasteiger partial charge in [-0.3, -0.25) is 14.5 Å². The summed E-state index contributed by atoms with van der Waals surface area (Å²) in [6, 6.07) is 8.98. The second-order valence-corrected chi connectivity index (χ2v) is 7.83. The number of carbonyl (C=O) groups excluding carboxylic acids is 2. The van der Waals surface area contributed by atoms with Gasteiger partial charge < -0.3 is 9.84 Å². The van der Waals surface area contributed by atoms with Gasteiger partial charge in [-0.15, -0.1) is 0 Å². The molecule has 1 N–H and O–H groups in total. The Morgan fingerprint density at radius 3 is 2.63 bits per heavy atom. The van der Waals surface area contributed by atoms with Crippen molar-refractivity contribution >= 4 is 51.6 Å². The summed E-state index contributed by atoms with van der Waals surface area (Å²) in [5.74, 6) is -0.421. The van der Waals surface area contributed by atoms with Crippen molar-refractivity contribution in [3.63, 3.8) is 0 Å². The van der Waals surface area contributed by atoms with Crippen molar-refractivity contribution in [3.05, 3.63) is 61.8 Å². The van der Waals surface area contributed by atoms with Crippen LogP contribution in [0.15, 0.2) is 41.3 Å². The molecule has 8 heteroatoms. The minimum Gasteiger partial charge on any atom is -0.504 e. The summed E-state index contributed by atoms with van der Waals surface area (Å²) in [7, 11) is 0. The number of halogens is 2. The number of aromatic hydroxyl groups is 1. The minimum atomic E-state index is -0.407. The highest BCUT2D eigenvalue weighted by Gasteiger charge is 2.35. The van der Waals surface area contributed by atoms with E-state index >= 15 is 0 Å². The summed E-state index contributed by atoms with van der Waals surface area (Å²) >= 11 is 2.82. The van der Waals surface area contributed by atoms with Crippen molar-refractivity contribution in [2.75, 3.05) is 6.61 Å². The molecule has 3 rings (SSSR count). The van der Waals surface area contributed by atoms with Crippen LogP contribution < -0.4 is 4.74 Å². The molecule has 1 heterocycles. The van der Waals surface area contributed by atoms with E-state index in [2.05, 4.69) is 0 Å². The molecule has 2 amide bonds. The number of hydrogen-bond acceptors (Lipinski definition) is 5. The average molecular weight is 499 g/mol. The van der Waals surface area contributed by atoms with Crippen molar-refractivity contribution < 1.29 is 23.8 Å². The number of carbonyl (C=O) groups is 2. The zero-order chi connectivity index (χ0) is 19.6. The van der Waals surface area contributed by atoms with Crippen molar-refractivity contribution in [3.8, 4) is 11.5 Å². The predicted molar refractivity (Wildman–Crippen MR) is 110 cm³/mol. The lowest BCUT2D eigenvalue weighted by Gasteiger charge is -2.12. The van der Waals surface area contributed by atoms with Gasteiger partial charge in [0, 0.05) is 0 Å². The first-order chi connectivity index (χ1) is 12.9. The molecule has 0 radical (unpaired) electrons. The van der Waals surface area contributed by atoms with E-state index < -0.39 is 5.91 Å². The molecule has 0 unspecified atom stereocenters. The molecule has 0 aliphatic carbocycles. The SMILES string of the molecule is CCOc1cc(/C=C2/SC(=O)N(Cc3ccc(F)cc3)C2=O)cc(I)c1O. The molecule has 0 spiro atoms. The first-order valence-electron chi connectivity index (χ1n) is 8.04. The predicted octanol–water partition coefficient (Wildman–Crippen LogP) is 4.77. The van der Waals surface area contributed by atoms with E-state index in [1.165, 1.54) is 12.1 Å². The second-order valence-electron chi connectivity index (χ2n) is 5.68. The summed E-state index contributed by atoms with van der Waals surface area (Å²) in [4.78, 5) is 26.3. The van der Waals surface area contributed by atoms with Crippen LogP contribution in [0, 0.1) is 9.39 Å². The lowest BCUT2D eigenvalue weighted by molar-refractivity contribution is -0.123. The van der Waals surface area contributed by atoms with Gasteiger partial charge in [0.25, 0.3) is 11.1 Å². The Labute approximate surface area is 173 Å². The third-order valence-corrected chi connectivity index (χ3v) is 5.51. The van der Waals surface area contributed by atoms with E-state index in [0.717, 1.165) is 16.7 Å². The van der Waals surface area contributed by atoms with Gasteiger partial charge in [0.2, 0.25) is 0 Å². The Balaban J connectivity index is 1.85. The van der Waals surface area contributed by atoms with Crippen LogP contribution >= 0.6 is 34.4 Å². The van der Waals surface area contributed by atoms with E-state index in [1.54, 1.807) is 37.3 Å². The number of phenols is 1. The molecule has 1 fully saturated rings. The number of benzene rings is 2. The highest BCUT2D eigenvalue weighted by Crippen LogP contribution is 2.37. The highest BCUT2D eigenvalue weighted by atomic mass is 127. The molecule has 0 bridgehead atoms. The molecular weight excluding hydrogens is 484 g/mol. The molecule has 1 aliphatic rings. The Bertz CT molecular complexity index is 930. The molecule has 2 aromatic rings.